The van der Waals surface area contributed by atoms with Crippen LogP contribution in [0.2, 0.25) is 0 Å². The fraction of sp³-hybridized carbons (Fsp3) is 0.154. The smallest absolute Gasteiger partial charge is 0.259 e. The fourth-order valence-electron chi connectivity index (χ4n) is 3.58. The summed E-state index contributed by atoms with van der Waals surface area (Å²) in [5.41, 5.74) is 1.40. The average Bonchev–Trinajstić information content (AvgIpc) is 3.31. The van der Waals surface area contributed by atoms with Gasteiger partial charge in [0.2, 0.25) is 0 Å². The first kappa shape index (κ1) is 21.9. The van der Waals surface area contributed by atoms with Gasteiger partial charge in [0.1, 0.15) is 12.4 Å². The standard InChI is InChI=1S/C26H23N3O4/c1-4-15-33-25(20-10-9-18-7-5-6-8-19(18)16-20)26(30)28-24-13-14-27-29(24)21-11-12-22(31-2)23(17-21)32-3/h1,5-14,16-17,25H,15H2,2-3H3,(H,28,30). The zero-order chi connectivity index (χ0) is 23.2. The van der Waals surface area contributed by atoms with E-state index in [4.69, 9.17) is 20.6 Å². The second-order valence-corrected chi connectivity index (χ2v) is 7.16. The molecular formula is C26H23N3O4. The number of aromatic nitrogens is 2. The third-order valence-corrected chi connectivity index (χ3v) is 5.15. The number of amides is 1. The highest BCUT2D eigenvalue weighted by Crippen LogP contribution is 2.30. The molecule has 0 radical (unpaired) electrons. The Hall–Kier alpha value is -4.28. The summed E-state index contributed by atoms with van der Waals surface area (Å²) in [4.78, 5) is 13.3. The van der Waals surface area contributed by atoms with Crippen LogP contribution in [0.4, 0.5) is 5.82 Å². The summed E-state index contributed by atoms with van der Waals surface area (Å²) in [5.74, 6) is 3.70. The number of terminal acetylenes is 1. The lowest BCUT2D eigenvalue weighted by molar-refractivity contribution is -0.127. The van der Waals surface area contributed by atoms with Crippen molar-refractivity contribution in [3.8, 4) is 29.5 Å². The summed E-state index contributed by atoms with van der Waals surface area (Å²) in [5, 5.41) is 9.32. The van der Waals surface area contributed by atoms with E-state index in [2.05, 4.69) is 16.3 Å². The van der Waals surface area contributed by atoms with Crippen LogP contribution in [0.3, 0.4) is 0 Å². The molecule has 1 N–H and O–H groups in total. The Morgan fingerprint density at radius 1 is 1.03 bits per heavy atom. The minimum atomic E-state index is -0.889. The monoisotopic (exact) mass is 441 g/mol. The highest BCUT2D eigenvalue weighted by atomic mass is 16.5. The molecular weight excluding hydrogens is 418 g/mol. The third kappa shape index (κ3) is 4.66. The van der Waals surface area contributed by atoms with Crippen LogP contribution in [0.5, 0.6) is 11.5 Å². The molecule has 33 heavy (non-hydrogen) atoms. The molecule has 1 heterocycles. The van der Waals surface area contributed by atoms with Gasteiger partial charge in [0.05, 0.1) is 26.1 Å². The molecule has 1 unspecified atom stereocenters. The molecule has 166 valence electrons. The van der Waals surface area contributed by atoms with Crippen LogP contribution >= 0.6 is 0 Å². The summed E-state index contributed by atoms with van der Waals surface area (Å²) in [6.07, 6.45) is 6.10. The average molecular weight is 441 g/mol. The van der Waals surface area contributed by atoms with Gasteiger partial charge in [-0.2, -0.15) is 5.10 Å². The number of carbonyl (C=O) groups excluding carboxylic acids is 1. The SMILES string of the molecule is C#CCOC(C(=O)Nc1ccnn1-c1ccc(OC)c(OC)c1)c1ccc2ccccc2c1. The Kier molecular flexibility index (Phi) is 6.58. The first-order valence-electron chi connectivity index (χ1n) is 10.3. The number of ether oxygens (including phenoxy) is 3. The van der Waals surface area contributed by atoms with Crippen molar-refractivity contribution in [3.63, 3.8) is 0 Å². The van der Waals surface area contributed by atoms with Crippen LogP contribution in [-0.4, -0.2) is 36.5 Å². The van der Waals surface area contributed by atoms with Crippen molar-refractivity contribution in [2.45, 2.75) is 6.10 Å². The van der Waals surface area contributed by atoms with Gasteiger partial charge in [0.15, 0.2) is 17.6 Å². The summed E-state index contributed by atoms with van der Waals surface area (Å²) in [6.45, 7) is -0.000145. The molecule has 1 atom stereocenters. The van der Waals surface area contributed by atoms with Crippen molar-refractivity contribution >= 4 is 22.5 Å². The summed E-state index contributed by atoms with van der Waals surface area (Å²) < 4.78 is 18.0. The molecule has 0 spiro atoms. The normalized spacial score (nSPS) is 11.5. The minimum Gasteiger partial charge on any atom is -0.493 e. The van der Waals surface area contributed by atoms with Gasteiger partial charge in [-0.15, -0.1) is 6.42 Å². The summed E-state index contributed by atoms with van der Waals surface area (Å²) in [7, 11) is 3.13. The van der Waals surface area contributed by atoms with E-state index in [1.165, 1.54) is 0 Å². The largest absolute Gasteiger partial charge is 0.493 e. The van der Waals surface area contributed by atoms with Crippen LogP contribution in [0.25, 0.3) is 16.5 Å². The molecule has 0 aliphatic carbocycles. The molecule has 4 rings (SSSR count). The van der Waals surface area contributed by atoms with Gasteiger partial charge in [-0.25, -0.2) is 4.68 Å². The number of hydrogen-bond acceptors (Lipinski definition) is 5. The number of hydrogen-bond donors (Lipinski definition) is 1. The van der Waals surface area contributed by atoms with Crippen molar-refractivity contribution in [2.75, 3.05) is 26.1 Å². The van der Waals surface area contributed by atoms with Gasteiger partial charge in [-0.05, 0) is 34.5 Å². The molecule has 7 heteroatoms. The molecule has 0 aliphatic rings. The van der Waals surface area contributed by atoms with Crippen LogP contribution in [0, 0.1) is 12.3 Å². The molecule has 7 nitrogen and oxygen atoms in total. The lowest BCUT2D eigenvalue weighted by atomic mass is 10.0. The Morgan fingerprint density at radius 3 is 2.58 bits per heavy atom. The van der Waals surface area contributed by atoms with E-state index in [1.54, 1.807) is 43.3 Å². The lowest BCUT2D eigenvalue weighted by Gasteiger charge is -2.18. The van der Waals surface area contributed by atoms with Gasteiger partial charge in [-0.3, -0.25) is 4.79 Å². The number of methoxy groups -OCH3 is 2. The van der Waals surface area contributed by atoms with Gasteiger partial charge >= 0.3 is 0 Å². The van der Waals surface area contributed by atoms with Crippen molar-refractivity contribution in [2.24, 2.45) is 0 Å². The van der Waals surface area contributed by atoms with Crippen molar-refractivity contribution < 1.29 is 19.0 Å². The van der Waals surface area contributed by atoms with Gasteiger partial charge in [-0.1, -0.05) is 42.3 Å². The second kappa shape index (κ2) is 9.90. The number of nitrogens with zero attached hydrogens (tertiary/aromatic N) is 2. The molecule has 0 aliphatic heterocycles. The highest BCUT2D eigenvalue weighted by Gasteiger charge is 2.23. The van der Waals surface area contributed by atoms with Crippen LogP contribution in [0.15, 0.2) is 72.9 Å². The van der Waals surface area contributed by atoms with Crippen LogP contribution in [-0.2, 0) is 9.53 Å². The van der Waals surface area contributed by atoms with Crippen LogP contribution < -0.4 is 14.8 Å². The number of benzene rings is 3. The summed E-state index contributed by atoms with van der Waals surface area (Å²) in [6, 6.07) is 20.7. The lowest BCUT2D eigenvalue weighted by Crippen LogP contribution is -2.25. The van der Waals surface area contributed by atoms with E-state index in [0.717, 1.165) is 10.8 Å². The van der Waals surface area contributed by atoms with E-state index < -0.39 is 6.10 Å². The van der Waals surface area contributed by atoms with Gasteiger partial charge in [0.25, 0.3) is 5.91 Å². The van der Waals surface area contributed by atoms with E-state index >= 15 is 0 Å². The predicted octanol–water partition coefficient (Wildman–Crippen LogP) is 4.37. The van der Waals surface area contributed by atoms with Crippen LogP contribution in [0.1, 0.15) is 11.7 Å². The maximum atomic E-state index is 13.3. The Morgan fingerprint density at radius 2 is 1.82 bits per heavy atom. The van der Waals surface area contributed by atoms with E-state index in [-0.39, 0.29) is 12.5 Å². The number of fused-ring (bicyclic) bond motifs is 1. The van der Waals surface area contributed by atoms with Crippen molar-refractivity contribution in [3.05, 3.63) is 78.5 Å². The Bertz CT molecular complexity index is 1320. The number of carbonyl (C=O) groups is 1. The maximum absolute atomic E-state index is 13.3. The summed E-state index contributed by atoms with van der Waals surface area (Å²) >= 11 is 0. The van der Waals surface area contributed by atoms with Gasteiger partial charge in [0, 0.05) is 12.1 Å². The molecule has 3 aromatic carbocycles. The van der Waals surface area contributed by atoms with Crippen molar-refractivity contribution in [1.29, 1.82) is 0 Å². The molecule has 4 aromatic rings. The maximum Gasteiger partial charge on any atom is 0.259 e. The highest BCUT2D eigenvalue weighted by molar-refractivity contribution is 5.95. The molecule has 0 saturated carbocycles. The molecule has 0 saturated heterocycles. The predicted molar refractivity (Wildman–Crippen MR) is 127 cm³/mol. The topological polar surface area (TPSA) is 74.6 Å². The Balaban J connectivity index is 1.63. The molecule has 0 bridgehead atoms. The number of nitrogens with one attached hydrogen (secondary N) is 1. The molecule has 0 fully saturated rings. The van der Waals surface area contributed by atoms with E-state index in [1.807, 2.05) is 48.5 Å². The zero-order valence-electron chi connectivity index (χ0n) is 18.3. The second-order valence-electron chi connectivity index (χ2n) is 7.16. The molecule has 1 aromatic heterocycles. The first-order valence-corrected chi connectivity index (χ1v) is 10.3. The van der Waals surface area contributed by atoms with Crippen molar-refractivity contribution in [1.82, 2.24) is 9.78 Å². The Labute approximate surface area is 191 Å². The van der Waals surface area contributed by atoms with Gasteiger partial charge < -0.3 is 19.5 Å². The first-order chi connectivity index (χ1) is 16.1. The number of anilines is 1. The zero-order valence-corrected chi connectivity index (χ0v) is 18.3. The quantitative estimate of drug-likeness (QED) is 0.411. The van der Waals surface area contributed by atoms with E-state index in [9.17, 15) is 4.79 Å². The fourth-order valence-corrected chi connectivity index (χ4v) is 3.58. The third-order valence-electron chi connectivity index (χ3n) is 5.15. The van der Waals surface area contributed by atoms with E-state index in [0.29, 0.717) is 28.6 Å². The minimum absolute atomic E-state index is 0.000145. The molecule has 1 amide bonds. The number of rotatable bonds is 8.